The highest BCUT2D eigenvalue weighted by atomic mass is 16.1. The van der Waals surface area contributed by atoms with Gasteiger partial charge in [-0.1, -0.05) is 39.0 Å². The minimum Gasteiger partial charge on any atom is -0.367 e. The number of carbonyl (C=O) groups is 1. The maximum atomic E-state index is 12.1. The molecule has 2 heteroatoms. The highest BCUT2D eigenvalue weighted by molar-refractivity contribution is 5.84. The average Bonchev–Trinajstić information content (AvgIpc) is 2.60. The van der Waals surface area contributed by atoms with E-state index in [2.05, 4.69) is 56.9 Å². The standard InChI is InChI=1S/C17H23NO/c1-5-18-14-9-7-6-8-13(14)17(4)15(18)10-12(19)11-16(17,2)3/h6-9,15H,5,10-11H2,1-4H3/t15-,17?/m1/s1. The van der Waals surface area contributed by atoms with E-state index < -0.39 is 0 Å². The Bertz CT molecular complexity index is 534. The molecule has 1 aromatic carbocycles. The topological polar surface area (TPSA) is 20.3 Å². The molecule has 2 atom stereocenters. The van der Waals surface area contributed by atoms with E-state index in [0.29, 0.717) is 24.7 Å². The summed E-state index contributed by atoms with van der Waals surface area (Å²) in [6, 6.07) is 9.04. The van der Waals surface area contributed by atoms with Crippen molar-refractivity contribution in [2.24, 2.45) is 5.41 Å². The van der Waals surface area contributed by atoms with Gasteiger partial charge in [-0.15, -0.1) is 0 Å². The van der Waals surface area contributed by atoms with Gasteiger partial charge in [0.25, 0.3) is 0 Å². The SMILES string of the molecule is CCN1c2ccccc2C2(C)[C@H]1CC(=O)CC2(C)C. The maximum Gasteiger partial charge on any atom is 0.135 e. The Morgan fingerprint density at radius 1 is 1.26 bits per heavy atom. The zero-order valence-electron chi connectivity index (χ0n) is 12.4. The van der Waals surface area contributed by atoms with Gasteiger partial charge in [0.05, 0.1) is 0 Å². The second-order valence-electron chi connectivity index (χ2n) is 6.82. The van der Waals surface area contributed by atoms with Crippen molar-refractivity contribution in [1.29, 1.82) is 0 Å². The monoisotopic (exact) mass is 257 g/mol. The van der Waals surface area contributed by atoms with Gasteiger partial charge in [-0.2, -0.15) is 0 Å². The Kier molecular flexibility index (Phi) is 2.57. The van der Waals surface area contributed by atoms with Gasteiger partial charge in [0.15, 0.2) is 0 Å². The normalized spacial score (nSPS) is 32.1. The third kappa shape index (κ3) is 1.46. The molecule has 2 nitrogen and oxygen atoms in total. The van der Waals surface area contributed by atoms with Crippen LogP contribution in [-0.4, -0.2) is 18.4 Å². The maximum absolute atomic E-state index is 12.1. The van der Waals surface area contributed by atoms with Crippen LogP contribution in [0.4, 0.5) is 5.69 Å². The van der Waals surface area contributed by atoms with Gasteiger partial charge in [0, 0.05) is 36.5 Å². The summed E-state index contributed by atoms with van der Waals surface area (Å²) >= 11 is 0. The fourth-order valence-electron chi connectivity index (χ4n) is 4.31. The van der Waals surface area contributed by atoms with Crippen molar-refractivity contribution in [2.45, 2.75) is 52.0 Å². The average molecular weight is 257 g/mol. The van der Waals surface area contributed by atoms with Gasteiger partial charge in [-0.05, 0) is 24.0 Å². The number of likely N-dealkylation sites (N-methyl/N-ethyl adjacent to an activating group) is 1. The molecule has 102 valence electrons. The van der Waals surface area contributed by atoms with Gasteiger partial charge in [-0.3, -0.25) is 4.79 Å². The highest BCUT2D eigenvalue weighted by Gasteiger charge is 2.58. The first-order chi connectivity index (χ1) is 8.91. The first-order valence-corrected chi connectivity index (χ1v) is 7.29. The van der Waals surface area contributed by atoms with Crippen LogP contribution in [0.2, 0.25) is 0 Å². The van der Waals surface area contributed by atoms with Crippen molar-refractivity contribution in [3.63, 3.8) is 0 Å². The summed E-state index contributed by atoms with van der Waals surface area (Å²) in [6.45, 7) is 10.0. The second-order valence-corrected chi connectivity index (χ2v) is 6.82. The third-order valence-corrected chi connectivity index (χ3v) is 5.62. The molecule has 0 amide bonds. The van der Waals surface area contributed by atoms with Crippen LogP contribution in [0, 0.1) is 5.41 Å². The molecule has 1 fully saturated rings. The molecule has 1 unspecified atom stereocenters. The Balaban J connectivity index is 2.23. The van der Waals surface area contributed by atoms with Gasteiger partial charge in [-0.25, -0.2) is 0 Å². The summed E-state index contributed by atoms with van der Waals surface area (Å²) in [5.74, 6) is 0.415. The molecule has 1 aliphatic heterocycles. The van der Waals surface area contributed by atoms with E-state index >= 15 is 0 Å². The summed E-state index contributed by atoms with van der Waals surface area (Å²) in [7, 11) is 0. The van der Waals surface area contributed by atoms with Crippen LogP contribution in [0.5, 0.6) is 0 Å². The summed E-state index contributed by atoms with van der Waals surface area (Å²) in [6.07, 6.45) is 1.40. The predicted molar refractivity (Wildman–Crippen MR) is 78.6 cm³/mol. The number of para-hydroxylation sites is 1. The number of Topliss-reactive ketones (excluding diaryl/α,β-unsaturated/α-hetero) is 1. The number of rotatable bonds is 1. The van der Waals surface area contributed by atoms with Crippen LogP contribution >= 0.6 is 0 Å². The predicted octanol–water partition coefficient (Wildman–Crippen LogP) is 3.54. The van der Waals surface area contributed by atoms with Crippen molar-refractivity contribution < 1.29 is 4.79 Å². The van der Waals surface area contributed by atoms with Crippen molar-refractivity contribution in [3.8, 4) is 0 Å². The van der Waals surface area contributed by atoms with Crippen LogP contribution in [0.25, 0.3) is 0 Å². The summed E-state index contributed by atoms with van der Waals surface area (Å²) in [4.78, 5) is 14.6. The van der Waals surface area contributed by atoms with Crippen LogP contribution in [-0.2, 0) is 10.2 Å². The third-order valence-electron chi connectivity index (χ3n) is 5.62. The van der Waals surface area contributed by atoms with Crippen molar-refractivity contribution >= 4 is 11.5 Å². The lowest BCUT2D eigenvalue weighted by Crippen LogP contribution is -2.56. The van der Waals surface area contributed by atoms with Crippen molar-refractivity contribution in [2.75, 3.05) is 11.4 Å². The zero-order valence-corrected chi connectivity index (χ0v) is 12.4. The number of carbonyl (C=O) groups excluding carboxylic acids is 1. The molecule has 1 saturated carbocycles. The Labute approximate surface area is 115 Å². The molecule has 0 radical (unpaired) electrons. The molecule has 0 bridgehead atoms. The lowest BCUT2D eigenvalue weighted by molar-refractivity contribution is -0.126. The van der Waals surface area contributed by atoms with Crippen LogP contribution in [0.1, 0.15) is 46.1 Å². The molecule has 1 heterocycles. The first-order valence-electron chi connectivity index (χ1n) is 7.29. The fraction of sp³-hybridized carbons (Fsp3) is 0.588. The number of hydrogen-bond donors (Lipinski definition) is 0. The van der Waals surface area contributed by atoms with E-state index in [-0.39, 0.29) is 10.8 Å². The van der Waals surface area contributed by atoms with Crippen molar-refractivity contribution in [3.05, 3.63) is 29.8 Å². The molecule has 19 heavy (non-hydrogen) atoms. The molecular formula is C17H23NO. The largest absolute Gasteiger partial charge is 0.367 e. The number of nitrogens with zero attached hydrogens (tertiary/aromatic N) is 1. The molecule has 3 rings (SSSR count). The lowest BCUT2D eigenvalue weighted by atomic mass is 9.54. The summed E-state index contributed by atoms with van der Waals surface area (Å²) in [5, 5.41) is 0. The van der Waals surface area contributed by atoms with E-state index in [0.717, 1.165) is 6.54 Å². The minimum atomic E-state index is 0.0209. The molecule has 0 aromatic heterocycles. The van der Waals surface area contributed by atoms with Gasteiger partial charge < -0.3 is 4.90 Å². The Morgan fingerprint density at radius 3 is 2.63 bits per heavy atom. The molecule has 0 spiro atoms. The fourth-order valence-corrected chi connectivity index (χ4v) is 4.31. The molecule has 2 aliphatic rings. The summed E-state index contributed by atoms with van der Waals surface area (Å²) < 4.78 is 0. The number of anilines is 1. The Morgan fingerprint density at radius 2 is 1.95 bits per heavy atom. The van der Waals surface area contributed by atoms with Crippen LogP contribution in [0.15, 0.2) is 24.3 Å². The molecule has 1 aromatic rings. The van der Waals surface area contributed by atoms with Gasteiger partial charge in [0.1, 0.15) is 5.78 Å². The second kappa shape index (κ2) is 3.84. The number of benzene rings is 1. The van der Waals surface area contributed by atoms with E-state index in [1.807, 2.05) is 0 Å². The highest BCUT2D eigenvalue weighted by Crippen LogP contribution is 2.58. The Hall–Kier alpha value is -1.31. The first kappa shape index (κ1) is 12.7. The molecule has 0 N–H and O–H groups in total. The number of hydrogen-bond acceptors (Lipinski definition) is 2. The zero-order chi connectivity index (χ0) is 13.8. The van der Waals surface area contributed by atoms with Crippen LogP contribution < -0.4 is 4.90 Å². The van der Waals surface area contributed by atoms with Crippen molar-refractivity contribution in [1.82, 2.24) is 0 Å². The van der Waals surface area contributed by atoms with E-state index in [9.17, 15) is 4.79 Å². The number of fused-ring (bicyclic) bond motifs is 3. The lowest BCUT2D eigenvalue weighted by Gasteiger charge is -2.50. The van der Waals surface area contributed by atoms with E-state index in [1.54, 1.807) is 0 Å². The smallest absolute Gasteiger partial charge is 0.135 e. The minimum absolute atomic E-state index is 0.0209. The molecular weight excluding hydrogens is 234 g/mol. The van der Waals surface area contributed by atoms with Gasteiger partial charge in [0.2, 0.25) is 0 Å². The van der Waals surface area contributed by atoms with Gasteiger partial charge >= 0.3 is 0 Å². The van der Waals surface area contributed by atoms with E-state index in [1.165, 1.54) is 11.3 Å². The van der Waals surface area contributed by atoms with Crippen LogP contribution in [0.3, 0.4) is 0 Å². The molecule has 0 saturated heterocycles. The molecule has 1 aliphatic carbocycles. The summed E-state index contributed by atoms with van der Waals surface area (Å²) in [5.41, 5.74) is 2.86. The quantitative estimate of drug-likeness (QED) is 0.767. The number of ketones is 1. The van der Waals surface area contributed by atoms with E-state index in [4.69, 9.17) is 0 Å².